The van der Waals surface area contributed by atoms with Crippen molar-refractivity contribution in [3.05, 3.63) is 47.3 Å². The summed E-state index contributed by atoms with van der Waals surface area (Å²) in [7, 11) is 3.05. The molecule has 0 aliphatic carbocycles. The van der Waals surface area contributed by atoms with E-state index in [0.29, 0.717) is 15.8 Å². The van der Waals surface area contributed by atoms with Crippen LogP contribution in [0.3, 0.4) is 0 Å². The van der Waals surface area contributed by atoms with Gasteiger partial charge in [-0.1, -0.05) is 51.8 Å². The molecule has 2 aromatic heterocycles. The average molecular weight is 389 g/mol. The van der Waals surface area contributed by atoms with Gasteiger partial charge in [0.25, 0.3) is 11.8 Å². The number of hydrogen-bond acceptors (Lipinski definition) is 8. The fourth-order valence-electron chi connectivity index (χ4n) is 2.12. The number of carbonyl (C=O) groups is 2. The molecule has 2 heterocycles. The number of nitrogens with one attached hydrogen (secondary N) is 2. The standard InChI is InChI=1S/C15H15N7O2S2/c1-16-12(23)10-14(25-15-11(13(24)17-2)19-21-26-15)22(20-18-10)8-9-6-4-3-5-7-9/h3-7H,8H2,1-2H3,(H,16,23)(H,17,24). The van der Waals surface area contributed by atoms with E-state index in [1.807, 2.05) is 30.3 Å². The highest BCUT2D eigenvalue weighted by molar-refractivity contribution is 8.01. The highest BCUT2D eigenvalue weighted by atomic mass is 32.2. The molecule has 0 atom stereocenters. The van der Waals surface area contributed by atoms with E-state index in [1.54, 1.807) is 4.68 Å². The van der Waals surface area contributed by atoms with Gasteiger partial charge in [-0.2, -0.15) is 0 Å². The second-order valence-electron chi connectivity index (χ2n) is 5.06. The molecule has 2 amide bonds. The van der Waals surface area contributed by atoms with E-state index in [9.17, 15) is 9.59 Å². The Bertz CT molecular complexity index is 923. The van der Waals surface area contributed by atoms with E-state index >= 15 is 0 Å². The average Bonchev–Trinajstić information content (AvgIpc) is 3.29. The summed E-state index contributed by atoms with van der Waals surface area (Å²) in [4.78, 5) is 24.1. The number of aromatic nitrogens is 5. The third-order valence-corrected chi connectivity index (χ3v) is 5.37. The molecule has 0 aliphatic heterocycles. The smallest absolute Gasteiger partial charge is 0.274 e. The molecule has 0 spiro atoms. The summed E-state index contributed by atoms with van der Waals surface area (Å²) in [5.41, 5.74) is 1.40. The van der Waals surface area contributed by atoms with Crippen LogP contribution < -0.4 is 10.6 Å². The first-order valence-corrected chi connectivity index (χ1v) is 9.14. The summed E-state index contributed by atoms with van der Waals surface area (Å²) >= 11 is 2.27. The Labute approximate surface area is 157 Å². The van der Waals surface area contributed by atoms with Crippen molar-refractivity contribution in [2.75, 3.05) is 14.1 Å². The van der Waals surface area contributed by atoms with Gasteiger partial charge in [0, 0.05) is 14.1 Å². The van der Waals surface area contributed by atoms with E-state index in [-0.39, 0.29) is 23.2 Å². The minimum atomic E-state index is -0.356. The zero-order valence-electron chi connectivity index (χ0n) is 14.0. The van der Waals surface area contributed by atoms with Crippen LogP contribution in [0.1, 0.15) is 26.5 Å². The quantitative estimate of drug-likeness (QED) is 0.647. The van der Waals surface area contributed by atoms with Gasteiger partial charge in [0.15, 0.2) is 11.4 Å². The number of rotatable bonds is 6. The van der Waals surface area contributed by atoms with Crippen molar-refractivity contribution in [2.24, 2.45) is 0 Å². The molecule has 0 radical (unpaired) electrons. The molecule has 1 aromatic carbocycles. The summed E-state index contributed by atoms with van der Waals surface area (Å²) in [6.45, 7) is 0.439. The van der Waals surface area contributed by atoms with E-state index in [4.69, 9.17) is 0 Å². The lowest BCUT2D eigenvalue weighted by atomic mass is 10.2. The Morgan fingerprint density at radius 3 is 2.46 bits per heavy atom. The number of hydrogen-bond donors (Lipinski definition) is 2. The van der Waals surface area contributed by atoms with Crippen molar-refractivity contribution in [3.63, 3.8) is 0 Å². The van der Waals surface area contributed by atoms with Crippen LogP contribution in [0.4, 0.5) is 0 Å². The van der Waals surface area contributed by atoms with Crippen molar-refractivity contribution in [3.8, 4) is 0 Å². The van der Waals surface area contributed by atoms with Crippen molar-refractivity contribution < 1.29 is 9.59 Å². The molecule has 0 fully saturated rings. The van der Waals surface area contributed by atoms with Crippen LogP contribution in [0.15, 0.2) is 39.6 Å². The van der Waals surface area contributed by atoms with Gasteiger partial charge in [0.05, 0.1) is 6.54 Å². The summed E-state index contributed by atoms with van der Waals surface area (Å²) < 4.78 is 6.02. The number of amides is 2. The predicted molar refractivity (Wildman–Crippen MR) is 96.4 cm³/mol. The molecule has 0 saturated carbocycles. The van der Waals surface area contributed by atoms with Gasteiger partial charge in [0.1, 0.15) is 9.24 Å². The zero-order valence-corrected chi connectivity index (χ0v) is 15.6. The molecule has 26 heavy (non-hydrogen) atoms. The highest BCUT2D eigenvalue weighted by Crippen LogP contribution is 2.34. The van der Waals surface area contributed by atoms with E-state index in [1.165, 1.54) is 25.9 Å². The maximum atomic E-state index is 12.2. The number of benzene rings is 1. The molecule has 0 saturated heterocycles. The minimum Gasteiger partial charge on any atom is -0.354 e. The fourth-order valence-corrected chi connectivity index (χ4v) is 3.86. The lowest BCUT2D eigenvalue weighted by Gasteiger charge is -2.07. The molecule has 11 heteroatoms. The van der Waals surface area contributed by atoms with E-state index in [2.05, 4.69) is 30.5 Å². The molecular weight excluding hydrogens is 374 g/mol. The lowest BCUT2D eigenvalue weighted by molar-refractivity contribution is 0.0948. The number of carbonyl (C=O) groups excluding carboxylic acids is 2. The van der Waals surface area contributed by atoms with Gasteiger partial charge in [-0.25, -0.2) is 4.68 Å². The van der Waals surface area contributed by atoms with Crippen LogP contribution in [0.5, 0.6) is 0 Å². The lowest BCUT2D eigenvalue weighted by Crippen LogP contribution is -2.20. The van der Waals surface area contributed by atoms with Crippen LogP contribution in [0.2, 0.25) is 0 Å². The van der Waals surface area contributed by atoms with Crippen molar-refractivity contribution in [2.45, 2.75) is 15.8 Å². The molecule has 0 bridgehead atoms. The van der Waals surface area contributed by atoms with Crippen LogP contribution in [0.25, 0.3) is 0 Å². The highest BCUT2D eigenvalue weighted by Gasteiger charge is 2.24. The van der Waals surface area contributed by atoms with Gasteiger partial charge in [0.2, 0.25) is 0 Å². The summed E-state index contributed by atoms with van der Waals surface area (Å²) in [6, 6.07) is 9.69. The van der Waals surface area contributed by atoms with Crippen molar-refractivity contribution in [1.29, 1.82) is 0 Å². The topological polar surface area (TPSA) is 115 Å². The Hall–Kier alpha value is -2.79. The molecule has 0 unspecified atom stereocenters. The Kier molecular flexibility index (Phi) is 5.58. The van der Waals surface area contributed by atoms with E-state index < -0.39 is 0 Å². The predicted octanol–water partition coefficient (Wildman–Crippen LogP) is 1.05. The summed E-state index contributed by atoms with van der Waals surface area (Å²) in [5.74, 6) is -0.699. The molecule has 3 rings (SSSR count). The maximum Gasteiger partial charge on any atom is 0.274 e. The molecular formula is C15H15N7O2S2. The van der Waals surface area contributed by atoms with Gasteiger partial charge in [-0.15, -0.1) is 10.2 Å². The Morgan fingerprint density at radius 1 is 1.08 bits per heavy atom. The molecule has 0 aliphatic rings. The van der Waals surface area contributed by atoms with Gasteiger partial charge < -0.3 is 10.6 Å². The van der Waals surface area contributed by atoms with Crippen molar-refractivity contribution >= 4 is 35.1 Å². The first-order chi connectivity index (χ1) is 12.6. The van der Waals surface area contributed by atoms with Crippen LogP contribution in [-0.2, 0) is 6.54 Å². The maximum absolute atomic E-state index is 12.2. The summed E-state index contributed by atoms with van der Waals surface area (Å²) in [5, 5.41) is 17.6. The SMILES string of the molecule is CNC(=O)c1nnsc1Sc1c(C(=O)NC)nnn1Cc1ccccc1. The largest absolute Gasteiger partial charge is 0.354 e. The van der Waals surface area contributed by atoms with Crippen LogP contribution >= 0.6 is 23.3 Å². The van der Waals surface area contributed by atoms with Gasteiger partial charge in [-0.3, -0.25) is 9.59 Å². The molecule has 2 N–H and O–H groups in total. The number of nitrogens with zero attached hydrogens (tertiary/aromatic N) is 5. The molecule has 3 aromatic rings. The van der Waals surface area contributed by atoms with Crippen molar-refractivity contribution in [1.82, 2.24) is 35.2 Å². The van der Waals surface area contributed by atoms with E-state index in [0.717, 1.165) is 17.1 Å². The third-order valence-electron chi connectivity index (χ3n) is 3.40. The summed E-state index contributed by atoms with van der Waals surface area (Å²) in [6.07, 6.45) is 0. The Morgan fingerprint density at radius 2 is 1.77 bits per heavy atom. The minimum absolute atomic E-state index is 0.185. The normalized spacial score (nSPS) is 10.5. The zero-order chi connectivity index (χ0) is 18.5. The molecule has 134 valence electrons. The second-order valence-corrected chi connectivity index (χ2v) is 7.07. The first kappa shape index (κ1) is 18.0. The monoisotopic (exact) mass is 389 g/mol. The third kappa shape index (κ3) is 3.73. The Balaban J connectivity index is 1.98. The fraction of sp³-hybridized carbons (Fsp3) is 0.200. The molecule has 9 nitrogen and oxygen atoms in total. The first-order valence-electron chi connectivity index (χ1n) is 7.55. The second kappa shape index (κ2) is 8.06. The van der Waals surface area contributed by atoms with Crippen LogP contribution in [0, 0.1) is 0 Å². The van der Waals surface area contributed by atoms with Crippen LogP contribution in [-0.4, -0.2) is 50.5 Å². The van der Waals surface area contributed by atoms with Gasteiger partial charge >= 0.3 is 0 Å². The van der Waals surface area contributed by atoms with Gasteiger partial charge in [-0.05, 0) is 17.1 Å².